The molecule has 0 unspecified atom stereocenters. The van der Waals surface area contributed by atoms with Gasteiger partial charge in [0, 0.05) is 23.7 Å². The molecular weight excluding hydrogens is 244 g/mol. The van der Waals surface area contributed by atoms with Gasteiger partial charge in [-0.3, -0.25) is 10.4 Å². The van der Waals surface area contributed by atoms with E-state index >= 15 is 0 Å². The van der Waals surface area contributed by atoms with E-state index in [9.17, 15) is 0 Å². The summed E-state index contributed by atoms with van der Waals surface area (Å²) in [7, 11) is 0. The van der Waals surface area contributed by atoms with Gasteiger partial charge in [0.1, 0.15) is 10.9 Å². The van der Waals surface area contributed by atoms with Crippen LogP contribution >= 0.6 is 11.8 Å². The molecule has 0 saturated heterocycles. The van der Waals surface area contributed by atoms with Gasteiger partial charge in [0.05, 0.1) is 6.20 Å². The number of aromatic nitrogens is 2. The van der Waals surface area contributed by atoms with E-state index < -0.39 is 0 Å². The number of nitrogens with one attached hydrogen (secondary N) is 1. The van der Waals surface area contributed by atoms with Gasteiger partial charge >= 0.3 is 0 Å². The van der Waals surface area contributed by atoms with Crippen molar-refractivity contribution in [3.63, 3.8) is 0 Å². The summed E-state index contributed by atoms with van der Waals surface area (Å²) in [6, 6.07) is 5.83. The summed E-state index contributed by atoms with van der Waals surface area (Å²) in [6.45, 7) is 2.03. The molecule has 2 aromatic rings. The van der Waals surface area contributed by atoms with Gasteiger partial charge in [0.2, 0.25) is 0 Å². The minimum absolute atomic E-state index is 0.103. The van der Waals surface area contributed by atoms with Crippen molar-refractivity contribution >= 4 is 17.6 Å². The van der Waals surface area contributed by atoms with Gasteiger partial charge in [0.25, 0.3) is 0 Å². The van der Waals surface area contributed by atoms with Gasteiger partial charge in [-0.05, 0) is 24.1 Å². The first-order valence-corrected chi connectivity index (χ1v) is 6.48. The lowest BCUT2D eigenvalue weighted by Crippen LogP contribution is -2.11. The number of nitrogens with two attached hydrogens (primary N) is 1. The third-order valence-corrected chi connectivity index (χ3v) is 3.53. The van der Waals surface area contributed by atoms with Crippen molar-refractivity contribution < 1.29 is 0 Å². The topological polar surface area (TPSA) is 75.7 Å². The van der Waals surface area contributed by atoms with Crippen LogP contribution in [0.5, 0.6) is 0 Å². The summed E-state index contributed by atoms with van der Waals surface area (Å²) in [5.41, 5.74) is 8.58. The molecule has 1 aromatic carbocycles. The highest BCUT2D eigenvalue weighted by molar-refractivity contribution is 7.98. The Kier molecular flexibility index (Phi) is 3.94. The highest BCUT2D eigenvalue weighted by Crippen LogP contribution is 2.22. The van der Waals surface area contributed by atoms with Crippen LogP contribution in [0, 0.1) is 12.3 Å². The smallest absolute Gasteiger partial charge is 0.122 e. The van der Waals surface area contributed by atoms with Gasteiger partial charge in [-0.15, -0.1) is 11.8 Å². The summed E-state index contributed by atoms with van der Waals surface area (Å²) in [5.74, 6) is 0.939. The van der Waals surface area contributed by atoms with Crippen LogP contribution in [-0.2, 0) is 5.75 Å². The first-order chi connectivity index (χ1) is 8.66. The largest absolute Gasteiger partial charge is 0.384 e. The van der Waals surface area contributed by atoms with Gasteiger partial charge in [0.15, 0.2) is 0 Å². The average Bonchev–Trinajstić information content (AvgIpc) is 2.38. The predicted molar refractivity (Wildman–Crippen MR) is 73.8 cm³/mol. The van der Waals surface area contributed by atoms with E-state index in [1.54, 1.807) is 30.4 Å². The maximum atomic E-state index is 7.39. The molecule has 1 aromatic heterocycles. The third-order valence-electron chi connectivity index (χ3n) is 2.57. The molecule has 92 valence electrons. The molecule has 0 radical (unpaired) electrons. The number of aryl methyl sites for hydroxylation is 1. The van der Waals surface area contributed by atoms with Crippen LogP contribution in [0.15, 0.2) is 41.8 Å². The zero-order valence-corrected chi connectivity index (χ0v) is 10.9. The third kappa shape index (κ3) is 3.07. The van der Waals surface area contributed by atoms with Crippen molar-refractivity contribution in [2.24, 2.45) is 5.73 Å². The molecule has 18 heavy (non-hydrogen) atoms. The molecule has 2 rings (SSSR count). The minimum atomic E-state index is 0.103. The highest BCUT2D eigenvalue weighted by atomic mass is 32.2. The van der Waals surface area contributed by atoms with Crippen molar-refractivity contribution in [2.75, 3.05) is 0 Å². The van der Waals surface area contributed by atoms with Crippen molar-refractivity contribution in [1.82, 2.24) is 9.97 Å². The first kappa shape index (κ1) is 12.6. The Balaban J connectivity index is 2.08. The normalized spacial score (nSPS) is 10.3. The zero-order chi connectivity index (χ0) is 13.0. The fraction of sp³-hybridized carbons (Fsp3) is 0.154. The van der Waals surface area contributed by atoms with E-state index in [-0.39, 0.29) is 5.84 Å². The van der Waals surface area contributed by atoms with Crippen molar-refractivity contribution in [3.05, 3.63) is 53.5 Å². The Morgan fingerprint density at radius 2 is 2.22 bits per heavy atom. The molecule has 0 aliphatic rings. The van der Waals surface area contributed by atoms with Crippen LogP contribution in [0.4, 0.5) is 0 Å². The van der Waals surface area contributed by atoms with E-state index in [1.165, 1.54) is 5.56 Å². The quantitative estimate of drug-likeness (QED) is 0.501. The molecule has 0 spiro atoms. The van der Waals surface area contributed by atoms with Crippen molar-refractivity contribution in [1.29, 1.82) is 5.41 Å². The molecule has 4 nitrogen and oxygen atoms in total. The first-order valence-electron chi connectivity index (χ1n) is 5.49. The lowest BCUT2D eigenvalue weighted by atomic mass is 10.1. The zero-order valence-electron chi connectivity index (χ0n) is 10.1. The fourth-order valence-corrected chi connectivity index (χ4v) is 2.44. The van der Waals surface area contributed by atoms with Crippen LogP contribution in [-0.4, -0.2) is 15.8 Å². The van der Waals surface area contributed by atoms with Crippen LogP contribution in [0.2, 0.25) is 0 Å². The Bertz CT molecular complexity index is 554. The summed E-state index contributed by atoms with van der Waals surface area (Å²) < 4.78 is 0. The fourth-order valence-electron chi connectivity index (χ4n) is 1.54. The summed E-state index contributed by atoms with van der Waals surface area (Å²) in [6.07, 6.45) is 5.11. The molecule has 0 fully saturated rings. The Morgan fingerprint density at radius 1 is 1.39 bits per heavy atom. The van der Waals surface area contributed by atoms with Gasteiger partial charge < -0.3 is 5.73 Å². The van der Waals surface area contributed by atoms with E-state index in [0.29, 0.717) is 0 Å². The standard InChI is InChI=1S/C13H14N4S/c1-9-6-10(13(14)15)2-3-11(9)8-18-12-7-16-4-5-17-12/h2-7H,8H2,1H3,(H3,14,15). The number of nitrogens with zero attached hydrogens (tertiary/aromatic N) is 2. The molecule has 0 amide bonds. The summed E-state index contributed by atoms with van der Waals surface area (Å²) >= 11 is 1.64. The second-order valence-electron chi connectivity index (χ2n) is 3.89. The lowest BCUT2D eigenvalue weighted by Gasteiger charge is -2.07. The SMILES string of the molecule is Cc1cc(C(=N)N)ccc1CSc1cnccn1. The summed E-state index contributed by atoms with van der Waals surface area (Å²) in [4.78, 5) is 8.24. The highest BCUT2D eigenvalue weighted by Gasteiger charge is 2.03. The lowest BCUT2D eigenvalue weighted by molar-refractivity contribution is 1.05. The maximum Gasteiger partial charge on any atom is 0.122 e. The van der Waals surface area contributed by atoms with Crippen molar-refractivity contribution in [3.8, 4) is 0 Å². The molecule has 3 N–H and O–H groups in total. The number of nitrogen functional groups attached to an aromatic ring is 1. The van der Waals surface area contributed by atoms with E-state index in [2.05, 4.69) is 9.97 Å². The number of benzene rings is 1. The molecule has 0 aliphatic heterocycles. The second-order valence-corrected chi connectivity index (χ2v) is 4.88. The summed E-state index contributed by atoms with van der Waals surface area (Å²) in [5, 5.41) is 8.30. The molecule has 0 atom stereocenters. The van der Waals surface area contributed by atoms with Crippen LogP contribution in [0.25, 0.3) is 0 Å². The van der Waals surface area contributed by atoms with Crippen LogP contribution in [0.1, 0.15) is 16.7 Å². The number of hydrogen-bond acceptors (Lipinski definition) is 4. The second kappa shape index (κ2) is 5.64. The molecule has 0 saturated carbocycles. The Morgan fingerprint density at radius 3 is 2.83 bits per heavy atom. The monoisotopic (exact) mass is 258 g/mol. The minimum Gasteiger partial charge on any atom is -0.384 e. The van der Waals surface area contributed by atoms with Crippen LogP contribution in [0.3, 0.4) is 0 Å². The van der Waals surface area contributed by atoms with E-state index in [1.807, 2.05) is 25.1 Å². The predicted octanol–water partition coefficient (Wildman–Crippen LogP) is 2.36. The number of amidine groups is 1. The van der Waals surface area contributed by atoms with Crippen LogP contribution < -0.4 is 5.73 Å². The Labute approximate surface area is 110 Å². The molecule has 0 bridgehead atoms. The molecule has 0 aliphatic carbocycles. The van der Waals surface area contributed by atoms with Gasteiger partial charge in [-0.2, -0.15) is 0 Å². The van der Waals surface area contributed by atoms with E-state index in [0.717, 1.165) is 21.9 Å². The molecule has 5 heteroatoms. The number of hydrogen-bond donors (Lipinski definition) is 2. The number of thioether (sulfide) groups is 1. The van der Waals surface area contributed by atoms with Crippen molar-refractivity contribution in [2.45, 2.75) is 17.7 Å². The van der Waals surface area contributed by atoms with Gasteiger partial charge in [-0.1, -0.05) is 12.1 Å². The van der Waals surface area contributed by atoms with E-state index in [4.69, 9.17) is 11.1 Å². The maximum absolute atomic E-state index is 7.39. The molecule has 1 heterocycles. The average molecular weight is 258 g/mol. The molecular formula is C13H14N4S. The Hall–Kier alpha value is -1.88. The number of rotatable bonds is 4. The van der Waals surface area contributed by atoms with Gasteiger partial charge in [-0.25, -0.2) is 4.98 Å².